The van der Waals surface area contributed by atoms with Crippen LogP contribution in [-0.4, -0.2) is 60.2 Å². The maximum atomic E-state index is 13.5. The molecular formula is C30H33F3N2O5S. The largest absolute Gasteiger partial charge is 0.492 e. The number of carboxylic acid groups (broad SMARTS) is 1. The van der Waals surface area contributed by atoms with Crippen molar-refractivity contribution < 1.29 is 37.3 Å². The fourth-order valence-electron chi connectivity index (χ4n) is 3.94. The summed E-state index contributed by atoms with van der Waals surface area (Å²) >= 11 is 1.63. The summed E-state index contributed by atoms with van der Waals surface area (Å²) in [7, 11) is 0. The molecule has 0 aliphatic carbocycles. The third-order valence-electron chi connectivity index (χ3n) is 5.96. The quantitative estimate of drug-likeness (QED) is 0.149. The van der Waals surface area contributed by atoms with E-state index in [2.05, 4.69) is 5.32 Å². The Hall–Kier alpha value is -3.70. The molecule has 220 valence electrons. The van der Waals surface area contributed by atoms with Crippen molar-refractivity contribution in [2.45, 2.75) is 36.9 Å². The number of hydrogen-bond acceptors (Lipinski definition) is 5. The Balaban J connectivity index is 1.60. The standard InChI is InChI=1S/C30H33F3N2O5S/c1-2-39-27(28(36)37)21-22-13-15-23(16-14-22)40-19-18-35(17-8-20-41-24-9-4-3-5-10-24)29(38)34-26-12-7-6-11-25(26)30(31,32)33/h3-7,9-16,27H,2,8,17-21H2,1H3,(H,34,38)(H,36,37). The Bertz CT molecular complexity index is 1240. The van der Waals surface area contributed by atoms with Gasteiger partial charge in [-0.1, -0.05) is 42.5 Å². The number of aliphatic carboxylic acids is 1. The Morgan fingerprint density at radius 2 is 1.66 bits per heavy atom. The van der Waals surface area contributed by atoms with Gasteiger partial charge in [0.2, 0.25) is 0 Å². The number of carbonyl (C=O) groups excluding carboxylic acids is 1. The second kappa shape index (κ2) is 15.9. The van der Waals surface area contributed by atoms with Gasteiger partial charge in [0.25, 0.3) is 0 Å². The van der Waals surface area contributed by atoms with Crippen LogP contribution in [0, 0.1) is 0 Å². The summed E-state index contributed by atoms with van der Waals surface area (Å²) in [5.74, 6) is 0.193. The molecule has 3 aromatic carbocycles. The molecule has 0 fully saturated rings. The van der Waals surface area contributed by atoms with Crippen LogP contribution >= 0.6 is 11.8 Å². The van der Waals surface area contributed by atoms with Crippen LogP contribution in [0.4, 0.5) is 23.7 Å². The predicted octanol–water partition coefficient (Wildman–Crippen LogP) is 6.83. The molecule has 0 heterocycles. The van der Waals surface area contributed by atoms with Crippen LogP contribution in [0.5, 0.6) is 5.75 Å². The molecule has 0 aliphatic heterocycles. The van der Waals surface area contributed by atoms with Gasteiger partial charge in [-0.05, 0) is 61.1 Å². The number of benzene rings is 3. The smallest absolute Gasteiger partial charge is 0.418 e. The van der Waals surface area contributed by atoms with E-state index in [0.717, 1.165) is 16.5 Å². The maximum Gasteiger partial charge on any atom is 0.418 e. The van der Waals surface area contributed by atoms with Gasteiger partial charge in [0.1, 0.15) is 12.4 Å². The summed E-state index contributed by atoms with van der Waals surface area (Å²) in [6.07, 6.45) is -4.73. The monoisotopic (exact) mass is 590 g/mol. The fourth-order valence-corrected chi connectivity index (χ4v) is 4.80. The molecule has 3 rings (SSSR count). The molecule has 7 nitrogen and oxygen atoms in total. The maximum absolute atomic E-state index is 13.5. The summed E-state index contributed by atoms with van der Waals surface area (Å²) < 4.78 is 51.4. The topological polar surface area (TPSA) is 88.1 Å². The van der Waals surface area contributed by atoms with Crippen LogP contribution in [-0.2, 0) is 22.1 Å². The molecule has 0 bridgehead atoms. The lowest BCUT2D eigenvalue weighted by atomic mass is 10.1. The van der Waals surface area contributed by atoms with E-state index < -0.39 is 29.8 Å². The zero-order valence-corrected chi connectivity index (χ0v) is 23.4. The predicted molar refractivity (Wildman–Crippen MR) is 153 cm³/mol. The van der Waals surface area contributed by atoms with E-state index in [9.17, 15) is 27.9 Å². The first-order chi connectivity index (χ1) is 19.7. The molecule has 0 aromatic heterocycles. The molecule has 0 saturated heterocycles. The lowest BCUT2D eigenvalue weighted by Crippen LogP contribution is -2.39. The van der Waals surface area contributed by atoms with Crippen molar-refractivity contribution in [3.05, 3.63) is 90.0 Å². The Labute approximate surface area is 241 Å². The van der Waals surface area contributed by atoms with Crippen LogP contribution in [0.25, 0.3) is 0 Å². The number of halogens is 3. The first-order valence-corrected chi connectivity index (χ1v) is 14.1. The minimum absolute atomic E-state index is 0.107. The summed E-state index contributed by atoms with van der Waals surface area (Å²) in [6, 6.07) is 20.9. The number of rotatable bonds is 15. The minimum atomic E-state index is -4.61. The normalized spacial score (nSPS) is 12.0. The number of alkyl halides is 3. The van der Waals surface area contributed by atoms with Crippen LogP contribution < -0.4 is 10.1 Å². The minimum Gasteiger partial charge on any atom is -0.492 e. The second-order valence-electron chi connectivity index (χ2n) is 8.95. The second-order valence-corrected chi connectivity index (χ2v) is 10.1. The zero-order chi connectivity index (χ0) is 29.7. The molecule has 1 unspecified atom stereocenters. The average Bonchev–Trinajstić information content (AvgIpc) is 2.95. The molecular weight excluding hydrogens is 557 g/mol. The molecule has 0 radical (unpaired) electrons. The van der Waals surface area contributed by atoms with Crippen LogP contribution in [0.1, 0.15) is 24.5 Å². The summed E-state index contributed by atoms with van der Waals surface area (Å²) in [4.78, 5) is 26.9. The van der Waals surface area contributed by atoms with Gasteiger partial charge in [0.15, 0.2) is 6.10 Å². The van der Waals surface area contributed by atoms with Gasteiger partial charge in [-0.25, -0.2) is 9.59 Å². The molecule has 3 aromatic rings. The van der Waals surface area contributed by atoms with Crippen molar-refractivity contribution >= 4 is 29.4 Å². The molecule has 1 atom stereocenters. The molecule has 0 spiro atoms. The van der Waals surface area contributed by atoms with Crippen molar-refractivity contribution in [3.63, 3.8) is 0 Å². The van der Waals surface area contributed by atoms with Gasteiger partial charge < -0.3 is 24.8 Å². The highest BCUT2D eigenvalue weighted by Crippen LogP contribution is 2.34. The average molecular weight is 591 g/mol. The van der Waals surface area contributed by atoms with Crippen LogP contribution in [0.2, 0.25) is 0 Å². The van der Waals surface area contributed by atoms with E-state index in [0.29, 0.717) is 24.5 Å². The number of nitrogens with zero attached hydrogens (tertiary/aromatic N) is 1. The van der Waals surface area contributed by atoms with Crippen molar-refractivity contribution in [2.24, 2.45) is 0 Å². The van der Waals surface area contributed by atoms with E-state index in [1.54, 1.807) is 43.0 Å². The molecule has 0 saturated carbocycles. The molecule has 2 N–H and O–H groups in total. The van der Waals surface area contributed by atoms with Crippen molar-refractivity contribution in [1.82, 2.24) is 4.90 Å². The zero-order valence-electron chi connectivity index (χ0n) is 22.6. The Morgan fingerprint density at radius 1 is 0.976 bits per heavy atom. The molecule has 41 heavy (non-hydrogen) atoms. The first-order valence-electron chi connectivity index (χ1n) is 13.1. The number of amides is 2. The number of para-hydroxylation sites is 1. The summed E-state index contributed by atoms with van der Waals surface area (Å²) in [5.41, 5.74) is -0.464. The molecule has 2 amide bonds. The van der Waals surface area contributed by atoms with Crippen LogP contribution in [0.3, 0.4) is 0 Å². The van der Waals surface area contributed by atoms with Gasteiger partial charge >= 0.3 is 18.2 Å². The van der Waals surface area contributed by atoms with Crippen LogP contribution in [0.15, 0.2) is 83.8 Å². The summed E-state index contributed by atoms with van der Waals surface area (Å²) in [5, 5.41) is 11.7. The van der Waals surface area contributed by atoms with E-state index >= 15 is 0 Å². The first kappa shape index (κ1) is 31.8. The number of hydrogen-bond donors (Lipinski definition) is 2. The van der Waals surface area contributed by atoms with Crippen molar-refractivity contribution in [1.29, 1.82) is 0 Å². The summed E-state index contributed by atoms with van der Waals surface area (Å²) in [6.45, 7) is 2.58. The molecule has 11 heteroatoms. The number of carbonyl (C=O) groups is 2. The third kappa shape index (κ3) is 10.7. The lowest BCUT2D eigenvalue weighted by Gasteiger charge is -2.24. The number of anilines is 1. The van der Waals surface area contributed by atoms with Crippen molar-refractivity contribution in [3.8, 4) is 5.75 Å². The highest BCUT2D eigenvalue weighted by molar-refractivity contribution is 7.99. The van der Waals surface area contributed by atoms with Gasteiger partial charge in [-0.3, -0.25) is 0 Å². The molecule has 0 aliphatic rings. The SMILES string of the molecule is CCOC(Cc1ccc(OCCN(CCCSc2ccccc2)C(=O)Nc2ccccc2C(F)(F)F)cc1)C(=O)O. The Kier molecular flexibility index (Phi) is 12.4. The van der Waals surface area contributed by atoms with E-state index in [-0.39, 0.29) is 31.9 Å². The number of carboxylic acids is 1. The van der Waals surface area contributed by atoms with Gasteiger partial charge in [0.05, 0.1) is 17.8 Å². The van der Waals surface area contributed by atoms with E-state index in [1.165, 1.54) is 23.1 Å². The number of urea groups is 1. The van der Waals surface area contributed by atoms with E-state index in [4.69, 9.17) is 9.47 Å². The lowest BCUT2D eigenvalue weighted by molar-refractivity contribution is -0.150. The van der Waals surface area contributed by atoms with E-state index in [1.807, 2.05) is 30.3 Å². The third-order valence-corrected chi connectivity index (χ3v) is 7.06. The highest BCUT2D eigenvalue weighted by Gasteiger charge is 2.34. The fraction of sp³-hybridized carbons (Fsp3) is 0.333. The van der Waals surface area contributed by atoms with Gasteiger partial charge in [-0.2, -0.15) is 13.2 Å². The highest BCUT2D eigenvalue weighted by atomic mass is 32.2. The number of nitrogens with one attached hydrogen (secondary N) is 1. The number of thioether (sulfide) groups is 1. The van der Waals surface area contributed by atoms with Crippen molar-refractivity contribution in [2.75, 3.05) is 37.4 Å². The van der Waals surface area contributed by atoms with Gasteiger partial charge in [-0.15, -0.1) is 11.8 Å². The van der Waals surface area contributed by atoms with Gasteiger partial charge in [0, 0.05) is 24.5 Å². The Morgan fingerprint density at radius 3 is 2.32 bits per heavy atom. The number of ether oxygens (including phenoxy) is 2.